The molecule has 0 atom stereocenters. The maximum atomic E-state index is 13.2. The SMILES string of the molecule is Oc1c(F)cccc1CNCCc1nnc2ccccn12. The first-order valence-corrected chi connectivity index (χ1v) is 6.71. The number of aromatic nitrogens is 3. The number of halogens is 1. The third-order valence-corrected chi connectivity index (χ3v) is 3.30. The molecule has 3 aromatic rings. The Morgan fingerprint density at radius 2 is 2.05 bits per heavy atom. The van der Waals surface area contributed by atoms with Crippen LogP contribution >= 0.6 is 0 Å². The van der Waals surface area contributed by atoms with Gasteiger partial charge in [-0.1, -0.05) is 18.2 Å². The molecule has 0 saturated heterocycles. The first kappa shape index (κ1) is 13.5. The molecule has 0 spiro atoms. The Labute approximate surface area is 121 Å². The molecule has 108 valence electrons. The van der Waals surface area contributed by atoms with Crippen LogP contribution in [0.5, 0.6) is 5.75 Å². The van der Waals surface area contributed by atoms with Crippen molar-refractivity contribution in [3.63, 3.8) is 0 Å². The topological polar surface area (TPSA) is 62.5 Å². The Hall–Kier alpha value is -2.47. The number of phenols is 1. The molecule has 0 unspecified atom stereocenters. The second kappa shape index (κ2) is 5.88. The van der Waals surface area contributed by atoms with E-state index in [4.69, 9.17) is 0 Å². The van der Waals surface area contributed by atoms with Crippen LogP contribution in [0.4, 0.5) is 4.39 Å². The summed E-state index contributed by atoms with van der Waals surface area (Å²) in [6, 6.07) is 10.3. The Morgan fingerprint density at radius 1 is 1.14 bits per heavy atom. The van der Waals surface area contributed by atoms with E-state index in [-0.39, 0.29) is 5.75 Å². The third kappa shape index (κ3) is 2.85. The second-order valence-corrected chi connectivity index (χ2v) is 4.72. The minimum atomic E-state index is -0.599. The standard InChI is InChI=1S/C15H15FN4O/c16-12-5-3-4-11(15(12)21)10-17-8-7-14-19-18-13-6-1-2-9-20(13)14/h1-6,9,17,21H,7-8,10H2. The van der Waals surface area contributed by atoms with Gasteiger partial charge in [-0.3, -0.25) is 4.40 Å². The van der Waals surface area contributed by atoms with Crippen molar-refractivity contribution in [2.45, 2.75) is 13.0 Å². The van der Waals surface area contributed by atoms with Crippen LogP contribution in [-0.4, -0.2) is 26.2 Å². The van der Waals surface area contributed by atoms with Gasteiger partial charge in [0.2, 0.25) is 0 Å². The minimum Gasteiger partial charge on any atom is -0.505 e. The molecule has 2 N–H and O–H groups in total. The number of nitrogens with zero attached hydrogens (tertiary/aromatic N) is 3. The first-order valence-electron chi connectivity index (χ1n) is 6.71. The van der Waals surface area contributed by atoms with Gasteiger partial charge in [-0.15, -0.1) is 10.2 Å². The van der Waals surface area contributed by atoms with Gasteiger partial charge < -0.3 is 10.4 Å². The van der Waals surface area contributed by atoms with E-state index in [0.717, 1.165) is 11.5 Å². The molecule has 0 amide bonds. The van der Waals surface area contributed by atoms with Crippen LogP contribution in [0, 0.1) is 5.82 Å². The van der Waals surface area contributed by atoms with E-state index in [0.29, 0.717) is 25.1 Å². The van der Waals surface area contributed by atoms with E-state index in [1.165, 1.54) is 6.07 Å². The predicted molar refractivity (Wildman–Crippen MR) is 76.5 cm³/mol. The van der Waals surface area contributed by atoms with E-state index in [1.807, 2.05) is 28.8 Å². The fraction of sp³-hybridized carbons (Fsp3) is 0.200. The Bertz CT molecular complexity index is 756. The molecule has 0 bridgehead atoms. The van der Waals surface area contributed by atoms with Gasteiger partial charge in [0.15, 0.2) is 17.2 Å². The monoisotopic (exact) mass is 286 g/mol. The average Bonchev–Trinajstić information content (AvgIpc) is 2.91. The molecule has 21 heavy (non-hydrogen) atoms. The number of aromatic hydroxyl groups is 1. The van der Waals surface area contributed by atoms with E-state index >= 15 is 0 Å². The summed E-state index contributed by atoms with van der Waals surface area (Å²) in [5.41, 5.74) is 1.36. The lowest BCUT2D eigenvalue weighted by Gasteiger charge is -2.07. The lowest BCUT2D eigenvalue weighted by molar-refractivity contribution is 0.423. The molecule has 2 aromatic heterocycles. The third-order valence-electron chi connectivity index (χ3n) is 3.30. The molecule has 0 fully saturated rings. The molecule has 3 rings (SSSR count). The Kier molecular flexibility index (Phi) is 3.79. The van der Waals surface area contributed by atoms with Gasteiger partial charge in [0, 0.05) is 31.3 Å². The maximum Gasteiger partial charge on any atom is 0.165 e. The van der Waals surface area contributed by atoms with Crippen LogP contribution < -0.4 is 5.32 Å². The lowest BCUT2D eigenvalue weighted by Crippen LogP contribution is -2.18. The number of pyridine rings is 1. The summed E-state index contributed by atoms with van der Waals surface area (Å²) < 4.78 is 15.1. The van der Waals surface area contributed by atoms with E-state index in [1.54, 1.807) is 12.1 Å². The largest absolute Gasteiger partial charge is 0.505 e. The summed E-state index contributed by atoms with van der Waals surface area (Å²) in [5, 5.41) is 21.0. The van der Waals surface area contributed by atoms with Gasteiger partial charge in [-0.2, -0.15) is 0 Å². The Balaban J connectivity index is 1.58. The molecule has 0 aliphatic rings. The molecule has 6 heteroatoms. The molecule has 2 heterocycles. The van der Waals surface area contributed by atoms with Crippen molar-refractivity contribution in [3.05, 3.63) is 59.8 Å². The van der Waals surface area contributed by atoms with Crippen LogP contribution in [0.25, 0.3) is 5.65 Å². The molecule has 0 saturated carbocycles. The van der Waals surface area contributed by atoms with Crippen LogP contribution in [0.2, 0.25) is 0 Å². The van der Waals surface area contributed by atoms with Gasteiger partial charge in [0.05, 0.1) is 0 Å². The second-order valence-electron chi connectivity index (χ2n) is 4.72. The first-order chi connectivity index (χ1) is 10.3. The highest BCUT2D eigenvalue weighted by atomic mass is 19.1. The zero-order chi connectivity index (χ0) is 14.7. The predicted octanol–water partition coefficient (Wildman–Crippen LogP) is 1.91. The van der Waals surface area contributed by atoms with Gasteiger partial charge in [-0.05, 0) is 18.2 Å². The van der Waals surface area contributed by atoms with Crippen molar-refractivity contribution >= 4 is 5.65 Å². The van der Waals surface area contributed by atoms with E-state index in [9.17, 15) is 9.50 Å². The van der Waals surface area contributed by atoms with E-state index < -0.39 is 5.82 Å². The van der Waals surface area contributed by atoms with Crippen LogP contribution in [-0.2, 0) is 13.0 Å². The molecule has 0 radical (unpaired) electrons. The summed E-state index contributed by atoms with van der Waals surface area (Å²) in [6.45, 7) is 1.06. The number of hydrogen-bond donors (Lipinski definition) is 2. The van der Waals surface area contributed by atoms with Gasteiger partial charge in [-0.25, -0.2) is 4.39 Å². The summed E-state index contributed by atoms with van der Waals surface area (Å²) in [6.07, 6.45) is 2.62. The van der Waals surface area contributed by atoms with Crippen LogP contribution in [0.3, 0.4) is 0 Å². The Morgan fingerprint density at radius 3 is 2.95 bits per heavy atom. The smallest absolute Gasteiger partial charge is 0.165 e. The summed E-state index contributed by atoms with van der Waals surface area (Å²) in [7, 11) is 0. The molecule has 0 aliphatic carbocycles. The maximum absolute atomic E-state index is 13.2. The quantitative estimate of drug-likeness (QED) is 0.703. The van der Waals surface area contributed by atoms with Gasteiger partial charge in [0.1, 0.15) is 5.82 Å². The van der Waals surface area contributed by atoms with Gasteiger partial charge >= 0.3 is 0 Å². The number of benzene rings is 1. The van der Waals surface area contributed by atoms with Crippen LogP contribution in [0.15, 0.2) is 42.6 Å². The van der Waals surface area contributed by atoms with Crippen LogP contribution in [0.1, 0.15) is 11.4 Å². The molecule has 5 nitrogen and oxygen atoms in total. The zero-order valence-corrected chi connectivity index (χ0v) is 11.3. The lowest BCUT2D eigenvalue weighted by atomic mass is 10.2. The summed E-state index contributed by atoms with van der Waals surface area (Å²) >= 11 is 0. The summed E-state index contributed by atoms with van der Waals surface area (Å²) in [4.78, 5) is 0. The highest BCUT2D eigenvalue weighted by molar-refractivity contribution is 5.37. The van der Waals surface area contributed by atoms with Crippen molar-refractivity contribution in [2.24, 2.45) is 0 Å². The molecule has 1 aromatic carbocycles. The fourth-order valence-electron chi connectivity index (χ4n) is 2.19. The zero-order valence-electron chi connectivity index (χ0n) is 11.3. The number of nitrogens with one attached hydrogen (secondary N) is 1. The highest BCUT2D eigenvalue weighted by Gasteiger charge is 2.07. The highest BCUT2D eigenvalue weighted by Crippen LogP contribution is 2.20. The number of para-hydroxylation sites is 1. The van der Waals surface area contributed by atoms with E-state index in [2.05, 4.69) is 15.5 Å². The van der Waals surface area contributed by atoms with Crippen molar-refractivity contribution in [3.8, 4) is 5.75 Å². The molecular weight excluding hydrogens is 271 g/mol. The number of rotatable bonds is 5. The summed E-state index contributed by atoms with van der Waals surface area (Å²) in [5.74, 6) is -0.0303. The number of phenolic OH excluding ortho intramolecular Hbond substituents is 1. The average molecular weight is 286 g/mol. The van der Waals surface area contributed by atoms with Gasteiger partial charge in [0.25, 0.3) is 0 Å². The number of hydrogen-bond acceptors (Lipinski definition) is 4. The molecule has 0 aliphatic heterocycles. The molecular formula is C15H15FN4O. The van der Waals surface area contributed by atoms with Crippen molar-refractivity contribution in [2.75, 3.05) is 6.54 Å². The normalized spacial score (nSPS) is 11.1. The minimum absolute atomic E-state index is 0.294. The van der Waals surface area contributed by atoms with Crippen molar-refractivity contribution in [1.29, 1.82) is 0 Å². The fourth-order valence-corrected chi connectivity index (χ4v) is 2.19. The van der Waals surface area contributed by atoms with Crippen molar-refractivity contribution in [1.82, 2.24) is 19.9 Å². The number of fused-ring (bicyclic) bond motifs is 1. The van der Waals surface area contributed by atoms with Crippen molar-refractivity contribution < 1.29 is 9.50 Å².